The van der Waals surface area contributed by atoms with Gasteiger partial charge in [-0.05, 0) is 20.3 Å². The highest BCUT2D eigenvalue weighted by atomic mass is 16.5. The van der Waals surface area contributed by atoms with Crippen LogP contribution in [0.1, 0.15) is 27.2 Å². The summed E-state index contributed by atoms with van der Waals surface area (Å²) >= 11 is 0. The average Bonchev–Trinajstić information content (AvgIpc) is 2.00. The molecule has 80 valence electrons. The van der Waals surface area contributed by atoms with E-state index in [0.29, 0.717) is 6.61 Å². The molecule has 0 spiro atoms. The molecule has 0 aromatic heterocycles. The minimum atomic E-state index is -0.760. The third-order valence-corrected chi connectivity index (χ3v) is 1.35. The van der Waals surface area contributed by atoms with Crippen LogP contribution in [0.4, 0.5) is 0 Å². The molecule has 0 aromatic rings. The fourth-order valence-corrected chi connectivity index (χ4v) is 0.765. The highest BCUT2D eigenvalue weighted by Crippen LogP contribution is 2.03. The van der Waals surface area contributed by atoms with E-state index in [1.54, 1.807) is 26.0 Å². The Hall–Kier alpha value is -1.09. The molecule has 0 aliphatic heterocycles. The van der Waals surface area contributed by atoms with Crippen LogP contribution < -0.4 is 0 Å². The lowest BCUT2D eigenvalue weighted by molar-refractivity contribution is -0.139. The summed E-state index contributed by atoms with van der Waals surface area (Å²) in [5, 5.41) is 9.31. The van der Waals surface area contributed by atoms with Gasteiger partial charge in [-0.1, -0.05) is 24.3 Å². The minimum Gasteiger partial charge on any atom is -0.462 e. The molecule has 3 heteroatoms. The predicted molar refractivity (Wildman–Crippen MR) is 55.8 cm³/mol. The van der Waals surface area contributed by atoms with Crippen molar-refractivity contribution in [2.45, 2.75) is 32.8 Å². The van der Waals surface area contributed by atoms with Crippen molar-refractivity contribution < 1.29 is 14.6 Å². The molecule has 0 fully saturated rings. The second kappa shape index (κ2) is 6.38. The zero-order chi connectivity index (χ0) is 11.0. The van der Waals surface area contributed by atoms with E-state index < -0.39 is 5.60 Å². The smallest absolute Gasteiger partial charge is 0.302 e. The van der Waals surface area contributed by atoms with E-state index >= 15 is 0 Å². The Morgan fingerprint density at radius 1 is 1.36 bits per heavy atom. The largest absolute Gasteiger partial charge is 0.462 e. The van der Waals surface area contributed by atoms with Crippen LogP contribution >= 0.6 is 0 Å². The maximum atomic E-state index is 10.4. The minimum absolute atomic E-state index is 0.276. The SMILES string of the molecule is CC(=O)OC/C=C/C/C=C\C(C)(C)O. The van der Waals surface area contributed by atoms with Gasteiger partial charge in [-0.15, -0.1) is 0 Å². The number of rotatable bonds is 5. The van der Waals surface area contributed by atoms with Gasteiger partial charge in [-0.25, -0.2) is 0 Å². The Labute approximate surface area is 85.1 Å². The van der Waals surface area contributed by atoms with E-state index in [-0.39, 0.29) is 5.97 Å². The number of esters is 1. The molecule has 14 heavy (non-hydrogen) atoms. The van der Waals surface area contributed by atoms with E-state index in [9.17, 15) is 9.90 Å². The van der Waals surface area contributed by atoms with Gasteiger partial charge in [-0.3, -0.25) is 4.79 Å². The van der Waals surface area contributed by atoms with Crippen molar-refractivity contribution >= 4 is 5.97 Å². The molecule has 0 unspecified atom stereocenters. The molecular weight excluding hydrogens is 180 g/mol. The van der Waals surface area contributed by atoms with E-state index in [4.69, 9.17) is 4.74 Å². The van der Waals surface area contributed by atoms with Crippen molar-refractivity contribution in [1.29, 1.82) is 0 Å². The highest BCUT2D eigenvalue weighted by Gasteiger charge is 2.04. The standard InChI is InChI=1S/C11H18O3/c1-10(12)14-9-7-5-4-6-8-11(2,3)13/h5-8,13H,4,9H2,1-3H3/b7-5+,8-6-. The Bertz CT molecular complexity index is 221. The Morgan fingerprint density at radius 3 is 2.50 bits per heavy atom. The predicted octanol–water partition coefficient (Wildman–Crippen LogP) is 1.82. The summed E-state index contributed by atoms with van der Waals surface area (Å²) in [5.41, 5.74) is -0.760. The first-order valence-corrected chi connectivity index (χ1v) is 4.60. The molecule has 3 nitrogen and oxygen atoms in total. The number of hydrogen-bond acceptors (Lipinski definition) is 3. The Kier molecular flexibility index (Phi) is 5.88. The number of hydrogen-bond donors (Lipinski definition) is 1. The number of carbonyl (C=O) groups excluding carboxylic acids is 1. The topological polar surface area (TPSA) is 46.5 Å². The van der Waals surface area contributed by atoms with E-state index in [1.807, 2.05) is 12.2 Å². The maximum absolute atomic E-state index is 10.4. The summed E-state index contributed by atoms with van der Waals surface area (Å²) in [6.45, 7) is 5.12. The molecule has 0 aliphatic rings. The summed E-state index contributed by atoms with van der Waals surface area (Å²) in [6.07, 6.45) is 7.97. The fraction of sp³-hybridized carbons (Fsp3) is 0.545. The van der Waals surface area contributed by atoms with Gasteiger partial charge in [0.2, 0.25) is 0 Å². The normalized spacial score (nSPS) is 12.6. The Morgan fingerprint density at radius 2 is 2.00 bits per heavy atom. The number of ether oxygens (including phenoxy) is 1. The van der Waals surface area contributed by atoms with Crippen molar-refractivity contribution in [3.8, 4) is 0 Å². The third-order valence-electron chi connectivity index (χ3n) is 1.35. The van der Waals surface area contributed by atoms with E-state index in [0.717, 1.165) is 6.42 Å². The van der Waals surface area contributed by atoms with Gasteiger partial charge in [0.15, 0.2) is 0 Å². The van der Waals surface area contributed by atoms with Crippen LogP contribution in [0, 0.1) is 0 Å². The number of carbonyl (C=O) groups is 1. The molecule has 0 saturated heterocycles. The summed E-state index contributed by atoms with van der Waals surface area (Å²) < 4.78 is 4.69. The monoisotopic (exact) mass is 198 g/mol. The molecule has 0 amide bonds. The lowest BCUT2D eigenvalue weighted by atomic mass is 10.1. The van der Waals surface area contributed by atoms with Crippen molar-refractivity contribution in [1.82, 2.24) is 0 Å². The second-order valence-electron chi connectivity index (χ2n) is 3.57. The molecule has 1 N–H and O–H groups in total. The van der Waals surface area contributed by atoms with Crippen LogP contribution in [-0.4, -0.2) is 23.3 Å². The summed E-state index contributed by atoms with van der Waals surface area (Å²) in [4.78, 5) is 10.4. The molecular formula is C11H18O3. The van der Waals surface area contributed by atoms with Gasteiger partial charge in [0.1, 0.15) is 6.61 Å². The van der Waals surface area contributed by atoms with Crippen LogP contribution in [0.25, 0.3) is 0 Å². The van der Waals surface area contributed by atoms with E-state index in [1.165, 1.54) is 6.92 Å². The maximum Gasteiger partial charge on any atom is 0.302 e. The molecule has 0 heterocycles. The highest BCUT2D eigenvalue weighted by molar-refractivity contribution is 5.65. The van der Waals surface area contributed by atoms with Gasteiger partial charge < -0.3 is 9.84 Å². The molecule has 0 bridgehead atoms. The van der Waals surface area contributed by atoms with Gasteiger partial charge in [0, 0.05) is 6.92 Å². The van der Waals surface area contributed by atoms with Crippen molar-refractivity contribution in [3.63, 3.8) is 0 Å². The van der Waals surface area contributed by atoms with Gasteiger partial charge >= 0.3 is 5.97 Å². The van der Waals surface area contributed by atoms with Crippen LogP contribution in [0.5, 0.6) is 0 Å². The number of aliphatic hydroxyl groups is 1. The first-order valence-electron chi connectivity index (χ1n) is 4.60. The summed E-state index contributed by atoms with van der Waals surface area (Å²) in [6, 6.07) is 0. The average molecular weight is 198 g/mol. The molecule has 0 atom stereocenters. The Balaban J connectivity index is 3.54. The summed E-state index contributed by atoms with van der Waals surface area (Å²) in [7, 11) is 0. The van der Waals surface area contributed by atoms with Gasteiger partial charge in [0.25, 0.3) is 0 Å². The first kappa shape index (κ1) is 12.9. The second-order valence-corrected chi connectivity index (χ2v) is 3.57. The van der Waals surface area contributed by atoms with Crippen molar-refractivity contribution in [2.24, 2.45) is 0 Å². The first-order chi connectivity index (χ1) is 6.42. The van der Waals surface area contributed by atoms with Crippen LogP contribution in [0.3, 0.4) is 0 Å². The molecule has 0 rings (SSSR count). The third kappa shape index (κ3) is 10.9. The van der Waals surface area contributed by atoms with Gasteiger partial charge in [-0.2, -0.15) is 0 Å². The van der Waals surface area contributed by atoms with E-state index in [2.05, 4.69) is 0 Å². The van der Waals surface area contributed by atoms with Crippen LogP contribution in [0.15, 0.2) is 24.3 Å². The van der Waals surface area contributed by atoms with Crippen LogP contribution in [-0.2, 0) is 9.53 Å². The molecule has 0 radical (unpaired) electrons. The molecule has 0 aliphatic carbocycles. The molecule has 0 aromatic carbocycles. The van der Waals surface area contributed by atoms with Gasteiger partial charge in [0.05, 0.1) is 5.60 Å². The van der Waals surface area contributed by atoms with Crippen molar-refractivity contribution in [2.75, 3.05) is 6.61 Å². The van der Waals surface area contributed by atoms with Crippen molar-refractivity contribution in [3.05, 3.63) is 24.3 Å². The lowest BCUT2D eigenvalue weighted by Crippen LogP contribution is -2.13. The quantitative estimate of drug-likeness (QED) is 0.541. The lowest BCUT2D eigenvalue weighted by Gasteiger charge is -2.09. The fourth-order valence-electron chi connectivity index (χ4n) is 0.765. The molecule has 0 saturated carbocycles. The van der Waals surface area contributed by atoms with Crippen LogP contribution in [0.2, 0.25) is 0 Å². The summed E-state index contributed by atoms with van der Waals surface area (Å²) in [5.74, 6) is -0.276. The zero-order valence-electron chi connectivity index (χ0n) is 8.99. The number of allylic oxidation sites excluding steroid dienone is 2. The zero-order valence-corrected chi connectivity index (χ0v) is 8.99.